The van der Waals surface area contributed by atoms with Crippen LogP contribution in [0.4, 0.5) is 0 Å². The van der Waals surface area contributed by atoms with Crippen molar-refractivity contribution in [3.8, 4) is 0 Å². The maximum absolute atomic E-state index is 11.7. The Kier molecular flexibility index (Phi) is 2.17. The topological polar surface area (TPSA) is 37.8 Å². The number of hydrogen-bond donors (Lipinski definition) is 1. The third kappa shape index (κ3) is 1.36. The molecule has 0 aliphatic heterocycles. The van der Waals surface area contributed by atoms with Gasteiger partial charge < -0.3 is 0 Å². The smallest absolute Gasteiger partial charge is 0.274 e. The van der Waals surface area contributed by atoms with Gasteiger partial charge >= 0.3 is 0 Å². The Morgan fingerprint density at radius 2 is 2.36 bits per heavy atom. The van der Waals surface area contributed by atoms with Gasteiger partial charge in [0.15, 0.2) is 0 Å². The maximum Gasteiger partial charge on any atom is 0.274 e. The van der Waals surface area contributed by atoms with Crippen LogP contribution in [0, 0.1) is 0 Å². The third-order valence-corrected chi connectivity index (χ3v) is 2.26. The maximum atomic E-state index is 11.7. The summed E-state index contributed by atoms with van der Waals surface area (Å²) in [7, 11) is 0. The first-order chi connectivity index (χ1) is 6.72. The van der Waals surface area contributed by atoms with E-state index >= 15 is 0 Å². The van der Waals surface area contributed by atoms with Crippen molar-refractivity contribution in [3.05, 3.63) is 46.2 Å². The summed E-state index contributed by atoms with van der Waals surface area (Å²) in [5.41, 5.74) is 0.709. The quantitative estimate of drug-likeness (QED) is 0.755. The van der Waals surface area contributed by atoms with E-state index < -0.39 is 0 Å². The Morgan fingerprint density at radius 1 is 1.57 bits per heavy atom. The van der Waals surface area contributed by atoms with E-state index in [9.17, 15) is 4.79 Å². The highest BCUT2D eigenvalue weighted by Crippen LogP contribution is 2.14. The molecule has 0 amide bonds. The molecular weight excluding hydrogens is 200 g/mol. The monoisotopic (exact) mass is 208 g/mol. The number of nitrogens with one attached hydrogen (secondary N) is 1. The van der Waals surface area contributed by atoms with E-state index in [1.54, 1.807) is 24.3 Å². The van der Waals surface area contributed by atoms with E-state index in [-0.39, 0.29) is 5.56 Å². The van der Waals surface area contributed by atoms with Crippen LogP contribution in [0.15, 0.2) is 35.6 Å². The Labute approximate surface area is 85.6 Å². The molecular formula is C10H9ClN2O. The van der Waals surface area contributed by atoms with Gasteiger partial charge in [-0.05, 0) is 18.2 Å². The molecule has 0 spiro atoms. The second kappa shape index (κ2) is 3.35. The van der Waals surface area contributed by atoms with E-state index in [4.69, 9.17) is 11.6 Å². The van der Waals surface area contributed by atoms with E-state index in [0.717, 1.165) is 5.52 Å². The number of H-pyrrole nitrogens is 1. The minimum absolute atomic E-state index is 0.0448. The molecule has 0 saturated heterocycles. The van der Waals surface area contributed by atoms with Gasteiger partial charge in [-0.3, -0.25) is 9.89 Å². The van der Waals surface area contributed by atoms with E-state index in [1.165, 1.54) is 4.68 Å². The lowest BCUT2D eigenvalue weighted by molar-refractivity contribution is 0.687. The van der Waals surface area contributed by atoms with Gasteiger partial charge in [0, 0.05) is 5.02 Å². The molecule has 4 heteroatoms. The fourth-order valence-electron chi connectivity index (χ4n) is 1.39. The number of fused-ring (bicyclic) bond motifs is 1. The fourth-order valence-corrected chi connectivity index (χ4v) is 1.57. The van der Waals surface area contributed by atoms with Crippen LogP contribution in [0.2, 0.25) is 5.02 Å². The van der Waals surface area contributed by atoms with Gasteiger partial charge in [-0.25, -0.2) is 4.68 Å². The van der Waals surface area contributed by atoms with Crippen LogP contribution in [0.25, 0.3) is 10.9 Å². The largest absolute Gasteiger partial charge is 0.295 e. The molecule has 0 bridgehead atoms. The number of benzene rings is 1. The standard InChI is InChI=1S/C10H9ClN2O/c1-2-5-13-10(14)8-4-3-7(11)6-9(8)12-13/h2-4,6,12H,1,5H2. The molecule has 2 aromatic rings. The van der Waals surface area contributed by atoms with E-state index in [1.807, 2.05) is 0 Å². The Balaban J connectivity index is 2.73. The minimum Gasteiger partial charge on any atom is -0.295 e. The predicted molar refractivity (Wildman–Crippen MR) is 57.8 cm³/mol. The molecule has 2 rings (SSSR count). The molecule has 0 unspecified atom stereocenters. The first-order valence-electron chi connectivity index (χ1n) is 4.21. The van der Waals surface area contributed by atoms with Crippen molar-refractivity contribution >= 4 is 22.5 Å². The molecule has 0 aliphatic carbocycles. The zero-order valence-electron chi connectivity index (χ0n) is 7.46. The molecule has 72 valence electrons. The normalized spacial score (nSPS) is 10.6. The second-order valence-electron chi connectivity index (χ2n) is 3.01. The minimum atomic E-state index is -0.0448. The van der Waals surface area contributed by atoms with Crippen LogP contribution in [-0.2, 0) is 6.54 Å². The van der Waals surface area contributed by atoms with Crippen LogP contribution in [-0.4, -0.2) is 9.78 Å². The summed E-state index contributed by atoms with van der Waals surface area (Å²) < 4.78 is 1.49. The summed E-state index contributed by atoms with van der Waals surface area (Å²) in [4.78, 5) is 11.7. The first-order valence-corrected chi connectivity index (χ1v) is 4.59. The van der Waals surface area contributed by atoms with Crippen LogP contribution in [0.5, 0.6) is 0 Å². The fraction of sp³-hybridized carbons (Fsp3) is 0.100. The number of aromatic nitrogens is 2. The van der Waals surface area contributed by atoms with Crippen LogP contribution in [0.3, 0.4) is 0 Å². The molecule has 14 heavy (non-hydrogen) atoms. The van der Waals surface area contributed by atoms with Crippen molar-refractivity contribution in [3.63, 3.8) is 0 Å². The van der Waals surface area contributed by atoms with Crippen LogP contribution >= 0.6 is 11.6 Å². The lowest BCUT2D eigenvalue weighted by atomic mass is 10.2. The highest BCUT2D eigenvalue weighted by molar-refractivity contribution is 6.31. The molecule has 0 saturated carbocycles. The van der Waals surface area contributed by atoms with Crippen LogP contribution in [0.1, 0.15) is 0 Å². The zero-order chi connectivity index (χ0) is 10.1. The number of allylic oxidation sites excluding steroid dienone is 1. The third-order valence-electron chi connectivity index (χ3n) is 2.02. The lowest BCUT2D eigenvalue weighted by Gasteiger charge is -1.92. The molecule has 0 aliphatic rings. The molecule has 3 nitrogen and oxygen atoms in total. The van der Waals surface area contributed by atoms with Crippen molar-refractivity contribution in [2.45, 2.75) is 6.54 Å². The Hall–Kier alpha value is -1.48. The molecule has 1 N–H and O–H groups in total. The summed E-state index contributed by atoms with van der Waals surface area (Å²) in [5.74, 6) is 0. The number of aromatic amines is 1. The average molecular weight is 209 g/mol. The highest BCUT2D eigenvalue weighted by atomic mass is 35.5. The molecule has 0 atom stereocenters. The summed E-state index contributed by atoms with van der Waals surface area (Å²) in [6.45, 7) is 4.06. The second-order valence-corrected chi connectivity index (χ2v) is 3.44. The van der Waals surface area contributed by atoms with Gasteiger partial charge in [-0.15, -0.1) is 6.58 Å². The zero-order valence-corrected chi connectivity index (χ0v) is 8.21. The summed E-state index contributed by atoms with van der Waals surface area (Å²) >= 11 is 5.81. The number of nitrogens with zero attached hydrogens (tertiary/aromatic N) is 1. The number of hydrogen-bond acceptors (Lipinski definition) is 1. The van der Waals surface area contributed by atoms with Gasteiger partial charge in [0.05, 0.1) is 17.4 Å². The summed E-state index contributed by atoms with van der Waals surface area (Å²) in [5, 5.41) is 4.22. The first kappa shape index (κ1) is 9.09. The predicted octanol–water partition coefficient (Wildman–Crippen LogP) is 2.17. The number of rotatable bonds is 2. The highest BCUT2D eigenvalue weighted by Gasteiger charge is 2.04. The average Bonchev–Trinajstić information content (AvgIpc) is 2.44. The van der Waals surface area contributed by atoms with E-state index in [2.05, 4.69) is 11.7 Å². The van der Waals surface area contributed by atoms with Gasteiger partial charge in [-0.2, -0.15) is 0 Å². The molecule has 1 aromatic carbocycles. The van der Waals surface area contributed by atoms with Crippen molar-refractivity contribution in [2.24, 2.45) is 0 Å². The molecule has 1 aromatic heterocycles. The van der Waals surface area contributed by atoms with Crippen LogP contribution < -0.4 is 5.56 Å². The SMILES string of the molecule is C=CCn1[nH]c2cc(Cl)ccc2c1=O. The lowest BCUT2D eigenvalue weighted by Crippen LogP contribution is -2.15. The molecule has 1 heterocycles. The van der Waals surface area contributed by atoms with Crippen molar-refractivity contribution in [1.82, 2.24) is 9.78 Å². The van der Waals surface area contributed by atoms with Crippen molar-refractivity contribution < 1.29 is 0 Å². The van der Waals surface area contributed by atoms with E-state index in [0.29, 0.717) is 17.0 Å². The Bertz CT molecular complexity index is 539. The van der Waals surface area contributed by atoms with Crippen molar-refractivity contribution in [2.75, 3.05) is 0 Å². The Morgan fingerprint density at radius 3 is 3.07 bits per heavy atom. The molecule has 0 fully saturated rings. The van der Waals surface area contributed by atoms with Gasteiger partial charge in [0.25, 0.3) is 5.56 Å². The summed E-state index contributed by atoms with van der Waals surface area (Å²) in [6, 6.07) is 5.16. The van der Waals surface area contributed by atoms with Crippen molar-refractivity contribution in [1.29, 1.82) is 0 Å². The van der Waals surface area contributed by atoms with Gasteiger partial charge in [0.1, 0.15) is 0 Å². The molecule has 0 radical (unpaired) electrons. The van der Waals surface area contributed by atoms with Gasteiger partial charge in [-0.1, -0.05) is 17.7 Å². The number of halogens is 1. The van der Waals surface area contributed by atoms with Gasteiger partial charge in [0.2, 0.25) is 0 Å². The summed E-state index contributed by atoms with van der Waals surface area (Å²) in [6.07, 6.45) is 1.67.